The molecule has 0 heterocycles. The van der Waals surface area contributed by atoms with Gasteiger partial charge in [-0.25, -0.2) is 0 Å². The van der Waals surface area contributed by atoms with Gasteiger partial charge >= 0.3 is 5.69 Å². The smallest absolute Gasteiger partial charge is 0.310 e. The molecule has 1 N–H and O–H groups in total. The fourth-order valence-corrected chi connectivity index (χ4v) is 2.37. The van der Waals surface area contributed by atoms with E-state index in [2.05, 4.69) is 18.3 Å². The third-order valence-corrected chi connectivity index (χ3v) is 3.47. The molecule has 114 valence electrons. The summed E-state index contributed by atoms with van der Waals surface area (Å²) < 4.78 is 5.84. The molecular formula is C16H22N2O3. The molecule has 2 rings (SSSR count). The first-order valence-corrected chi connectivity index (χ1v) is 7.52. The first-order chi connectivity index (χ1) is 10.2. The van der Waals surface area contributed by atoms with Crippen LogP contribution in [0, 0.1) is 10.1 Å². The third kappa shape index (κ3) is 4.56. The minimum Gasteiger partial charge on any atom is -0.479 e. The van der Waals surface area contributed by atoms with Gasteiger partial charge in [0, 0.05) is 12.6 Å². The van der Waals surface area contributed by atoms with E-state index in [1.165, 1.54) is 6.07 Å². The molecule has 0 saturated heterocycles. The van der Waals surface area contributed by atoms with Crippen molar-refractivity contribution in [3.8, 4) is 5.75 Å². The molecule has 5 heteroatoms. The summed E-state index contributed by atoms with van der Waals surface area (Å²) >= 11 is 0. The number of benzene rings is 1. The molecule has 0 aromatic heterocycles. The Morgan fingerprint density at radius 1 is 1.48 bits per heavy atom. The highest BCUT2D eigenvalue weighted by atomic mass is 16.6. The standard InChI is InChI=1S/C16H22N2O3/c1-2-10-17-12-13-8-9-15(18(19)20)16(11-13)21-14-6-4-3-5-7-14/h4,6,8-9,11,14,17H,2-3,5,7,10,12H2,1H3. The second-order valence-electron chi connectivity index (χ2n) is 5.25. The van der Waals surface area contributed by atoms with E-state index in [0.717, 1.165) is 37.8 Å². The van der Waals surface area contributed by atoms with E-state index in [1.54, 1.807) is 12.1 Å². The van der Waals surface area contributed by atoms with Gasteiger partial charge in [0.05, 0.1) is 4.92 Å². The summed E-state index contributed by atoms with van der Waals surface area (Å²) in [5.41, 5.74) is 1.04. The van der Waals surface area contributed by atoms with Crippen LogP contribution < -0.4 is 10.1 Å². The minimum absolute atomic E-state index is 0.0354. The lowest BCUT2D eigenvalue weighted by Gasteiger charge is -2.18. The highest BCUT2D eigenvalue weighted by Crippen LogP contribution is 2.30. The van der Waals surface area contributed by atoms with Crippen LogP contribution in [0.15, 0.2) is 30.4 Å². The van der Waals surface area contributed by atoms with Gasteiger partial charge in [0.25, 0.3) is 0 Å². The number of nitro benzene ring substituents is 1. The van der Waals surface area contributed by atoms with Gasteiger partial charge in [-0.3, -0.25) is 10.1 Å². The van der Waals surface area contributed by atoms with E-state index < -0.39 is 0 Å². The van der Waals surface area contributed by atoms with Crippen LogP contribution in [0.25, 0.3) is 0 Å². The number of nitrogens with zero attached hydrogens (tertiary/aromatic N) is 1. The summed E-state index contributed by atoms with van der Waals surface area (Å²) in [6.45, 7) is 3.73. The van der Waals surface area contributed by atoms with Gasteiger partial charge in [0.2, 0.25) is 0 Å². The van der Waals surface area contributed by atoms with Gasteiger partial charge in [0.15, 0.2) is 5.75 Å². The van der Waals surface area contributed by atoms with E-state index in [0.29, 0.717) is 12.3 Å². The van der Waals surface area contributed by atoms with Gasteiger partial charge in [-0.1, -0.05) is 19.1 Å². The molecule has 0 saturated carbocycles. The lowest BCUT2D eigenvalue weighted by molar-refractivity contribution is -0.386. The van der Waals surface area contributed by atoms with E-state index >= 15 is 0 Å². The maximum Gasteiger partial charge on any atom is 0.310 e. The van der Waals surface area contributed by atoms with Crippen molar-refractivity contribution in [2.45, 2.75) is 45.3 Å². The van der Waals surface area contributed by atoms with E-state index in [-0.39, 0.29) is 16.7 Å². The van der Waals surface area contributed by atoms with Gasteiger partial charge in [-0.15, -0.1) is 0 Å². The first kappa shape index (κ1) is 15.5. The van der Waals surface area contributed by atoms with Gasteiger partial charge < -0.3 is 10.1 Å². The van der Waals surface area contributed by atoms with E-state index in [9.17, 15) is 10.1 Å². The summed E-state index contributed by atoms with van der Waals surface area (Å²) in [4.78, 5) is 10.7. The Balaban J connectivity index is 2.13. The minimum atomic E-state index is -0.384. The van der Waals surface area contributed by atoms with Crippen LogP contribution >= 0.6 is 0 Å². The zero-order valence-electron chi connectivity index (χ0n) is 12.4. The summed E-state index contributed by atoms with van der Waals surface area (Å²) in [6, 6.07) is 5.10. The van der Waals surface area contributed by atoms with Gasteiger partial charge in [0.1, 0.15) is 6.10 Å². The molecule has 0 spiro atoms. The number of hydrogen-bond acceptors (Lipinski definition) is 4. The van der Waals surface area contributed by atoms with Crippen molar-refractivity contribution >= 4 is 5.69 Å². The van der Waals surface area contributed by atoms with Crippen LogP contribution in [0.2, 0.25) is 0 Å². The second kappa shape index (κ2) is 7.78. The molecule has 0 fully saturated rings. The average molecular weight is 290 g/mol. The number of allylic oxidation sites excluding steroid dienone is 1. The molecule has 1 unspecified atom stereocenters. The average Bonchev–Trinajstić information content (AvgIpc) is 2.48. The Labute approximate surface area is 125 Å². The summed E-state index contributed by atoms with van der Waals surface area (Å²) in [5, 5.41) is 14.4. The van der Waals surface area contributed by atoms with Crippen molar-refractivity contribution in [1.29, 1.82) is 0 Å². The largest absolute Gasteiger partial charge is 0.479 e. The summed E-state index contributed by atoms with van der Waals surface area (Å²) in [5.74, 6) is 0.368. The van der Waals surface area contributed by atoms with Crippen LogP contribution in [0.5, 0.6) is 5.75 Å². The topological polar surface area (TPSA) is 64.4 Å². The van der Waals surface area contributed by atoms with Gasteiger partial charge in [-0.2, -0.15) is 0 Å². The van der Waals surface area contributed by atoms with Crippen LogP contribution in [0.4, 0.5) is 5.69 Å². The molecule has 5 nitrogen and oxygen atoms in total. The molecule has 21 heavy (non-hydrogen) atoms. The zero-order chi connectivity index (χ0) is 15.1. The molecule has 1 atom stereocenters. The van der Waals surface area contributed by atoms with Crippen LogP contribution in [-0.4, -0.2) is 17.6 Å². The summed E-state index contributed by atoms with van der Waals surface area (Å²) in [6.07, 6.45) is 8.10. The Hall–Kier alpha value is -1.88. The monoisotopic (exact) mass is 290 g/mol. The zero-order valence-corrected chi connectivity index (χ0v) is 12.4. The van der Waals surface area contributed by atoms with Gasteiger partial charge in [-0.05, 0) is 49.9 Å². The summed E-state index contributed by atoms with van der Waals surface area (Å²) in [7, 11) is 0. The number of ether oxygens (including phenoxy) is 1. The van der Waals surface area contributed by atoms with Crippen molar-refractivity contribution in [1.82, 2.24) is 5.32 Å². The molecule has 1 aromatic carbocycles. The van der Waals surface area contributed by atoms with Crippen LogP contribution in [0.1, 0.15) is 38.2 Å². The number of nitrogens with one attached hydrogen (secondary N) is 1. The predicted octanol–water partition coefficient (Wildman–Crippen LogP) is 3.58. The Kier molecular flexibility index (Phi) is 5.75. The molecule has 0 aliphatic heterocycles. The van der Waals surface area contributed by atoms with Crippen LogP contribution in [-0.2, 0) is 6.54 Å². The van der Waals surface area contributed by atoms with Crippen LogP contribution in [0.3, 0.4) is 0 Å². The lowest BCUT2D eigenvalue weighted by atomic mass is 10.1. The number of hydrogen-bond donors (Lipinski definition) is 1. The lowest BCUT2D eigenvalue weighted by Crippen LogP contribution is -2.17. The Morgan fingerprint density at radius 3 is 3.00 bits per heavy atom. The molecule has 1 aromatic rings. The van der Waals surface area contributed by atoms with Crippen molar-refractivity contribution in [2.24, 2.45) is 0 Å². The number of nitro groups is 1. The SMILES string of the molecule is CCCNCc1ccc([N+](=O)[O-])c(OC2C=CCCC2)c1. The maximum atomic E-state index is 11.1. The fraction of sp³-hybridized carbons (Fsp3) is 0.500. The van der Waals surface area contributed by atoms with E-state index in [4.69, 9.17) is 4.74 Å². The maximum absolute atomic E-state index is 11.1. The Morgan fingerprint density at radius 2 is 2.33 bits per heavy atom. The van der Waals surface area contributed by atoms with Crippen molar-refractivity contribution in [2.75, 3.05) is 6.54 Å². The first-order valence-electron chi connectivity index (χ1n) is 7.52. The molecule has 1 aliphatic carbocycles. The molecule has 0 radical (unpaired) electrons. The second-order valence-corrected chi connectivity index (χ2v) is 5.25. The fourth-order valence-electron chi connectivity index (χ4n) is 2.37. The Bertz CT molecular complexity index is 514. The van der Waals surface area contributed by atoms with Crippen molar-refractivity contribution in [3.63, 3.8) is 0 Å². The molecular weight excluding hydrogens is 268 g/mol. The quantitative estimate of drug-likeness (QED) is 0.361. The number of rotatable bonds is 7. The predicted molar refractivity (Wildman–Crippen MR) is 82.5 cm³/mol. The van der Waals surface area contributed by atoms with E-state index in [1.807, 2.05) is 6.08 Å². The van der Waals surface area contributed by atoms with Crippen molar-refractivity contribution < 1.29 is 9.66 Å². The molecule has 1 aliphatic rings. The molecule has 0 amide bonds. The van der Waals surface area contributed by atoms with Crippen molar-refractivity contribution in [3.05, 3.63) is 46.0 Å². The molecule has 0 bridgehead atoms. The normalized spacial score (nSPS) is 17.7. The highest BCUT2D eigenvalue weighted by Gasteiger charge is 2.19. The third-order valence-electron chi connectivity index (χ3n) is 3.47. The highest BCUT2D eigenvalue weighted by molar-refractivity contribution is 5.48.